The van der Waals surface area contributed by atoms with E-state index in [-0.39, 0.29) is 0 Å². The minimum absolute atomic E-state index is 0.867. The molecule has 1 aromatic heterocycles. The maximum atomic E-state index is 6.67. The molecule has 0 fully saturated rings. The Morgan fingerprint density at radius 2 is 0.810 bits per heavy atom. The van der Waals surface area contributed by atoms with E-state index in [1.165, 1.54) is 60.7 Å². The van der Waals surface area contributed by atoms with Crippen molar-refractivity contribution >= 4 is 60.5 Å². The molecule has 272 valence electrons. The molecule has 0 aliphatic carbocycles. The van der Waals surface area contributed by atoms with Crippen LogP contribution >= 0.6 is 0 Å². The summed E-state index contributed by atoms with van der Waals surface area (Å²) in [4.78, 5) is 2.37. The van der Waals surface area contributed by atoms with Gasteiger partial charge in [0.15, 0.2) is 0 Å². The van der Waals surface area contributed by atoms with Gasteiger partial charge in [0.2, 0.25) is 0 Å². The zero-order chi connectivity index (χ0) is 38.4. The van der Waals surface area contributed by atoms with Crippen molar-refractivity contribution in [3.63, 3.8) is 0 Å². The van der Waals surface area contributed by atoms with Crippen molar-refractivity contribution in [1.82, 2.24) is 0 Å². The first-order valence-electron chi connectivity index (χ1n) is 19.8. The van der Waals surface area contributed by atoms with Crippen LogP contribution in [0, 0.1) is 0 Å². The molecule has 0 saturated carbocycles. The van der Waals surface area contributed by atoms with Gasteiger partial charge >= 0.3 is 0 Å². The Labute approximate surface area is 337 Å². The van der Waals surface area contributed by atoms with Crippen LogP contribution in [0.1, 0.15) is 0 Å². The lowest BCUT2D eigenvalue weighted by Gasteiger charge is -2.26. The highest BCUT2D eigenvalue weighted by Crippen LogP contribution is 2.45. The highest BCUT2D eigenvalue weighted by molar-refractivity contribution is 6.19. The van der Waals surface area contributed by atoms with Gasteiger partial charge in [-0.25, -0.2) is 0 Å². The molecular formula is C56H37NO. The number of hydrogen-bond donors (Lipinski definition) is 0. The highest BCUT2D eigenvalue weighted by atomic mass is 16.3. The van der Waals surface area contributed by atoms with Gasteiger partial charge < -0.3 is 9.32 Å². The molecule has 11 rings (SSSR count). The van der Waals surface area contributed by atoms with Crippen molar-refractivity contribution in [2.24, 2.45) is 0 Å². The second-order valence-corrected chi connectivity index (χ2v) is 14.9. The Morgan fingerprint density at radius 3 is 1.52 bits per heavy atom. The van der Waals surface area contributed by atoms with Gasteiger partial charge in [-0.05, 0) is 109 Å². The Hall–Kier alpha value is -7.68. The SMILES string of the molecule is c1ccc(-c2cccc(-c3ccc(N(c4ccc(-c5ccc(-c6cccc7ccccc67)cc5)cc4)c4cccc5oc6c7ccccc7ccc6c45)cc3)c2)cc1. The third-order valence-electron chi connectivity index (χ3n) is 11.5. The first-order chi connectivity index (χ1) is 28.7. The van der Waals surface area contributed by atoms with E-state index in [4.69, 9.17) is 4.42 Å². The summed E-state index contributed by atoms with van der Waals surface area (Å²) in [5.41, 5.74) is 14.6. The number of fused-ring (bicyclic) bond motifs is 6. The number of hydrogen-bond acceptors (Lipinski definition) is 2. The normalized spacial score (nSPS) is 11.4. The van der Waals surface area contributed by atoms with Crippen molar-refractivity contribution in [3.05, 3.63) is 224 Å². The molecule has 0 atom stereocenters. The number of rotatable bonds is 7. The maximum Gasteiger partial charge on any atom is 0.143 e. The molecule has 58 heavy (non-hydrogen) atoms. The average Bonchev–Trinajstić information content (AvgIpc) is 3.70. The molecule has 2 nitrogen and oxygen atoms in total. The molecule has 0 bridgehead atoms. The summed E-state index contributed by atoms with van der Waals surface area (Å²) < 4.78 is 6.67. The molecule has 0 radical (unpaired) electrons. The minimum atomic E-state index is 0.867. The van der Waals surface area contributed by atoms with Crippen molar-refractivity contribution in [3.8, 4) is 44.5 Å². The van der Waals surface area contributed by atoms with Gasteiger partial charge in [-0.2, -0.15) is 0 Å². The fourth-order valence-corrected chi connectivity index (χ4v) is 8.58. The van der Waals surface area contributed by atoms with Crippen LogP contribution in [0.15, 0.2) is 229 Å². The summed E-state index contributed by atoms with van der Waals surface area (Å²) in [7, 11) is 0. The van der Waals surface area contributed by atoms with E-state index in [9.17, 15) is 0 Å². The molecule has 0 spiro atoms. The van der Waals surface area contributed by atoms with E-state index in [0.717, 1.165) is 44.4 Å². The second-order valence-electron chi connectivity index (χ2n) is 14.9. The van der Waals surface area contributed by atoms with E-state index >= 15 is 0 Å². The predicted molar refractivity (Wildman–Crippen MR) is 245 cm³/mol. The summed E-state index contributed by atoms with van der Waals surface area (Å²) in [6, 6.07) is 80.6. The van der Waals surface area contributed by atoms with E-state index in [1.807, 2.05) is 0 Å². The van der Waals surface area contributed by atoms with Gasteiger partial charge in [-0.1, -0.05) is 176 Å². The van der Waals surface area contributed by atoms with E-state index in [1.54, 1.807) is 0 Å². The van der Waals surface area contributed by atoms with Gasteiger partial charge in [0, 0.05) is 22.1 Å². The maximum absolute atomic E-state index is 6.67. The Balaban J connectivity index is 1.00. The summed E-state index contributed by atoms with van der Waals surface area (Å²) >= 11 is 0. The number of anilines is 3. The molecule has 0 saturated heterocycles. The Morgan fingerprint density at radius 1 is 0.310 bits per heavy atom. The monoisotopic (exact) mass is 739 g/mol. The smallest absolute Gasteiger partial charge is 0.143 e. The Kier molecular flexibility index (Phi) is 8.19. The number of benzene rings is 10. The standard InChI is InChI=1S/C56H37NO/c1-2-11-38(12-3-1)45-16-8-17-46(37-45)41-29-34-48(35-30-41)57(53-21-10-22-54-55(53)52-36-31-43-14-5-7-19-51(43)56(52)58-54)47-32-27-40(28-33-47)39-23-25-44(26-24-39)50-20-9-15-42-13-4-6-18-49(42)50/h1-37H. The predicted octanol–water partition coefficient (Wildman–Crippen LogP) is 16.0. The summed E-state index contributed by atoms with van der Waals surface area (Å²) in [5.74, 6) is 0. The molecule has 0 N–H and O–H groups in total. The highest BCUT2D eigenvalue weighted by Gasteiger charge is 2.21. The molecule has 11 aromatic rings. The summed E-state index contributed by atoms with van der Waals surface area (Å²) in [6.07, 6.45) is 0. The van der Waals surface area contributed by atoms with Gasteiger partial charge in [-0.15, -0.1) is 0 Å². The van der Waals surface area contributed by atoms with Gasteiger partial charge in [0.1, 0.15) is 11.2 Å². The van der Waals surface area contributed by atoms with Crippen LogP contribution in [0.25, 0.3) is 88.0 Å². The number of furan rings is 1. The van der Waals surface area contributed by atoms with E-state index in [0.29, 0.717) is 0 Å². The largest absolute Gasteiger partial charge is 0.455 e. The first kappa shape index (κ1) is 33.6. The molecule has 1 heterocycles. The Bertz CT molecular complexity index is 3250. The third-order valence-corrected chi connectivity index (χ3v) is 11.5. The molecule has 0 unspecified atom stereocenters. The quantitative estimate of drug-likeness (QED) is 0.162. The second kappa shape index (κ2) is 14.1. The minimum Gasteiger partial charge on any atom is -0.455 e. The molecule has 2 heteroatoms. The molecule has 0 amide bonds. The van der Waals surface area contributed by atoms with Gasteiger partial charge in [-0.3, -0.25) is 0 Å². The molecular weight excluding hydrogens is 703 g/mol. The fraction of sp³-hybridized carbons (Fsp3) is 0. The molecule has 0 aliphatic rings. The third kappa shape index (κ3) is 5.91. The van der Waals surface area contributed by atoms with Crippen LogP contribution < -0.4 is 4.90 Å². The van der Waals surface area contributed by atoms with Crippen LogP contribution in [0.2, 0.25) is 0 Å². The van der Waals surface area contributed by atoms with Crippen LogP contribution in [0.5, 0.6) is 0 Å². The average molecular weight is 740 g/mol. The summed E-state index contributed by atoms with van der Waals surface area (Å²) in [6.45, 7) is 0. The van der Waals surface area contributed by atoms with Crippen LogP contribution in [-0.2, 0) is 0 Å². The van der Waals surface area contributed by atoms with Crippen LogP contribution in [-0.4, -0.2) is 0 Å². The van der Waals surface area contributed by atoms with Crippen molar-refractivity contribution in [2.45, 2.75) is 0 Å². The molecule has 10 aromatic carbocycles. The van der Waals surface area contributed by atoms with Crippen molar-refractivity contribution in [2.75, 3.05) is 4.90 Å². The zero-order valence-corrected chi connectivity index (χ0v) is 31.7. The van der Waals surface area contributed by atoms with Crippen molar-refractivity contribution < 1.29 is 4.42 Å². The van der Waals surface area contributed by atoms with Crippen LogP contribution in [0.4, 0.5) is 17.1 Å². The zero-order valence-electron chi connectivity index (χ0n) is 31.7. The van der Waals surface area contributed by atoms with Gasteiger partial charge in [0.05, 0.1) is 11.1 Å². The topological polar surface area (TPSA) is 16.4 Å². The van der Waals surface area contributed by atoms with E-state index < -0.39 is 0 Å². The fourth-order valence-electron chi connectivity index (χ4n) is 8.58. The molecule has 0 aliphatic heterocycles. The lowest BCUT2D eigenvalue weighted by Crippen LogP contribution is -2.10. The van der Waals surface area contributed by atoms with Crippen molar-refractivity contribution in [1.29, 1.82) is 0 Å². The lowest BCUT2D eigenvalue weighted by atomic mass is 9.96. The lowest BCUT2D eigenvalue weighted by molar-refractivity contribution is 0.672. The van der Waals surface area contributed by atoms with Gasteiger partial charge in [0.25, 0.3) is 0 Å². The summed E-state index contributed by atoms with van der Waals surface area (Å²) in [5, 5.41) is 7.00. The van der Waals surface area contributed by atoms with Crippen LogP contribution in [0.3, 0.4) is 0 Å². The van der Waals surface area contributed by atoms with E-state index in [2.05, 4.69) is 229 Å². The first-order valence-corrected chi connectivity index (χ1v) is 19.8. The number of nitrogens with zero attached hydrogens (tertiary/aromatic N) is 1.